The molecule has 0 amide bonds. The number of carbonyl (C=O) groups excluding carboxylic acids is 1. The molecule has 0 fully saturated rings. The lowest BCUT2D eigenvalue weighted by atomic mass is 10.1. The fourth-order valence-corrected chi connectivity index (χ4v) is 2.17. The normalized spacial score (nSPS) is 10.4. The molecule has 0 saturated heterocycles. The Balaban J connectivity index is 1.95. The van der Waals surface area contributed by atoms with Crippen LogP contribution in [0.1, 0.15) is 10.4 Å². The molecule has 0 atom stereocenters. The van der Waals surface area contributed by atoms with E-state index in [1.807, 2.05) is 42.5 Å². The van der Waals surface area contributed by atoms with Gasteiger partial charge in [-0.3, -0.25) is 9.78 Å². The van der Waals surface area contributed by atoms with Gasteiger partial charge in [-0.15, -0.1) is 0 Å². The quantitative estimate of drug-likeness (QED) is 0.726. The van der Waals surface area contributed by atoms with E-state index in [0.29, 0.717) is 5.56 Å². The highest BCUT2D eigenvalue weighted by atomic mass is 35.5. The second-order valence-corrected chi connectivity index (χ2v) is 4.70. The first-order chi connectivity index (χ1) is 9.74. The van der Waals surface area contributed by atoms with Crippen molar-refractivity contribution >= 4 is 39.1 Å². The maximum atomic E-state index is 11.0. The van der Waals surface area contributed by atoms with Gasteiger partial charge in [-0.25, -0.2) is 0 Å². The van der Waals surface area contributed by atoms with Crippen LogP contribution in [0.25, 0.3) is 10.9 Å². The van der Waals surface area contributed by atoms with Gasteiger partial charge in [0.1, 0.15) is 0 Å². The van der Waals surface area contributed by atoms with E-state index in [-0.39, 0.29) is 0 Å². The van der Waals surface area contributed by atoms with Gasteiger partial charge in [0.2, 0.25) is 0 Å². The largest absolute Gasteiger partial charge is 0.355 e. The van der Waals surface area contributed by atoms with Crippen molar-refractivity contribution in [3.8, 4) is 0 Å². The van der Waals surface area contributed by atoms with Gasteiger partial charge in [0.25, 0.3) is 5.24 Å². The molecular formula is C16H11ClN2O. The Bertz CT molecular complexity index is 764. The Kier molecular flexibility index (Phi) is 3.35. The Morgan fingerprint density at radius 3 is 2.50 bits per heavy atom. The van der Waals surface area contributed by atoms with Crippen LogP contribution in [0.3, 0.4) is 0 Å². The van der Waals surface area contributed by atoms with Crippen LogP contribution in [-0.2, 0) is 0 Å². The van der Waals surface area contributed by atoms with Crippen molar-refractivity contribution in [2.45, 2.75) is 0 Å². The van der Waals surface area contributed by atoms with Crippen LogP contribution in [0, 0.1) is 0 Å². The Labute approximate surface area is 121 Å². The molecule has 3 aromatic rings. The van der Waals surface area contributed by atoms with E-state index in [2.05, 4.69) is 10.3 Å². The van der Waals surface area contributed by atoms with Gasteiger partial charge in [0.05, 0.1) is 5.52 Å². The standard InChI is InChI=1S/C16H11ClN2O/c17-16(20)11-5-7-12(8-6-11)19-15-9-10-18-14-4-2-1-3-13(14)15/h1-10H,(H,18,19). The molecule has 3 nitrogen and oxygen atoms in total. The van der Waals surface area contributed by atoms with Gasteiger partial charge in [0, 0.05) is 28.5 Å². The number of aromatic nitrogens is 1. The first-order valence-electron chi connectivity index (χ1n) is 6.15. The fourth-order valence-electron chi connectivity index (χ4n) is 2.04. The van der Waals surface area contributed by atoms with E-state index in [1.54, 1.807) is 18.3 Å². The second kappa shape index (κ2) is 5.31. The number of para-hydroxylation sites is 1. The summed E-state index contributed by atoms with van der Waals surface area (Å²) in [5.41, 5.74) is 3.28. The summed E-state index contributed by atoms with van der Waals surface area (Å²) in [7, 11) is 0. The predicted octanol–water partition coefficient (Wildman–Crippen LogP) is 4.36. The monoisotopic (exact) mass is 282 g/mol. The van der Waals surface area contributed by atoms with Gasteiger partial charge in [-0.05, 0) is 48.0 Å². The minimum absolute atomic E-state index is 0.453. The number of anilines is 2. The minimum atomic E-state index is -0.453. The lowest BCUT2D eigenvalue weighted by Gasteiger charge is -2.09. The van der Waals surface area contributed by atoms with Gasteiger partial charge < -0.3 is 5.32 Å². The number of hydrogen-bond donors (Lipinski definition) is 1. The molecule has 2 aromatic carbocycles. The topological polar surface area (TPSA) is 42.0 Å². The maximum Gasteiger partial charge on any atom is 0.252 e. The molecule has 0 bridgehead atoms. The van der Waals surface area contributed by atoms with Crippen molar-refractivity contribution in [3.05, 3.63) is 66.4 Å². The number of halogens is 1. The molecule has 0 aliphatic heterocycles. The van der Waals surface area contributed by atoms with Crippen molar-refractivity contribution in [1.29, 1.82) is 0 Å². The Morgan fingerprint density at radius 1 is 1.00 bits per heavy atom. The number of nitrogens with zero attached hydrogens (tertiary/aromatic N) is 1. The van der Waals surface area contributed by atoms with Gasteiger partial charge in [-0.2, -0.15) is 0 Å². The number of benzene rings is 2. The first-order valence-corrected chi connectivity index (χ1v) is 6.52. The van der Waals surface area contributed by atoms with Crippen molar-refractivity contribution in [1.82, 2.24) is 4.98 Å². The first kappa shape index (κ1) is 12.6. The third kappa shape index (κ3) is 2.49. The van der Waals surface area contributed by atoms with Crippen LogP contribution in [0.5, 0.6) is 0 Å². The number of nitrogens with one attached hydrogen (secondary N) is 1. The molecule has 4 heteroatoms. The minimum Gasteiger partial charge on any atom is -0.355 e. The van der Waals surface area contributed by atoms with Gasteiger partial charge in [0.15, 0.2) is 0 Å². The number of carbonyl (C=O) groups is 1. The van der Waals surface area contributed by atoms with Crippen LogP contribution >= 0.6 is 11.6 Å². The lowest BCUT2D eigenvalue weighted by Crippen LogP contribution is -1.94. The highest BCUT2D eigenvalue weighted by Gasteiger charge is 2.03. The van der Waals surface area contributed by atoms with E-state index in [9.17, 15) is 4.79 Å². The van der Waals surface area contributed by atoms with E-state index in [4.69, 9.17) is 11.6 Å². The summed E-state index contributed by atoms with van der Waals surface area (Å²) in [6.07, 6.45) is 1.77. The average Bonchev–Trinajstić information content (AvgIpc) is 2.48. The van der Waals surface area contributed by atoms with E-state index >= 15 is 0 Å². The molecule has 0 aliphatic carbocycles. The maximum absolute atomic E-state index is 11.0. The van der Waals surface area contributed by atoms with Crippen LogP contribution in [-0.4, -0.2) is 10.2 Å². The van der Waals surface area contributed by atoms with Crippen LogP contribution in [0.15, 0.2) is 60.8 Å². The molecule has 1 heterocycles. The number of rotatable bonds is 3. The van der Waals surface area contributed by atoms with Crippen LogP contribution in [0.4, 0.5) is 11.4 Å². The molecule has 98 valence electrons. The summed E-state index contributed by atoms with van der Waals surface area (Å²) >= 11 is 5.43. The lowest BCUT2D eigenvalue weighted by molar-refractivity contribution is 0.108. The molecule has 0 spiro atoms. The van der Waals surface area contributed by atoms with Gasteiger partial charge >= 0.3 is 0 Å². The van der Waals surface area contributed by atoms with Crippen LogP contribution < -0.4 is 5.32 Å². The SMILES string of the molecule is O=C(Cl)c1ccc(Nc2ccnc3ccccc23)cc1. The number of fused-ring (bicyclic) bond motifs is 1. The Morgan fingerprint density at radius 2 is 1.75 bits per heavy atom. The molecule has 1 aromatic heterocycles. The summed E-state index contributed by atoms with van der Waals surface area (Å²) < 4.78 is 0. The molecule has 0 aliphatic rings. The summed E-state index contributed by atoms with van der Waals surface area (Å²) in [5, 5.41) is 3.91. The van der Waals surface area contributed by atoms with Crippen LogP contribution in [0.2, 0.25) is 0 Å². The second-order valence-electron chi connectivity index (χ2n) is 4.35. The Hall–Kier alpha value is -2.39. The highest BCUT2D eigenvalue weighted by molar-refractivity contribution is 6.67. The zero-order chi connectivity index (χ0) is 13.9. The molecule has 1 N–H and O–H groups in total. The average molecular weight is 283 g/mol. The molecule has 20 heavy (non-hydrogen) atoms. The summed E-state index contributed by atoms with van der Waals surface area (Å²) in [6.45, 7) is 0. The summed E-state index contributed by atoms with van der Waals surface area (Å²) in [5.74, 6) is 0. The zero-order valence-corrected chi connectivity index (χ0v) is 11.3. The highest BCUT2D eigenvalue weighted by Crippen LogP contribution is 2.25. The van der Waals surface area contributed by atoms with Crippen molar-refractivity contribution in [2.75, 3.05) is 5.32 Å². The molecular weight excluding hydrogens is 272 g/mol. The van der Waals surface area contributed by atoms with E-state index in [0.717, 1.165) is 22.3 Å². The van der Waals surface area contributed by atoms with Gasteiger partial charge in [-0.1, -0.05) is 18.2 Å². The van der Waals surface area contributed by atoms with Crippen molar-refractivity contribution in [2.24, 2.45) is 0 Å². The fraction of sp³-hybridized carbons (Fsp3) is 0. The molecule has 0 radical (unpaired) electrons. The number of pyridine rings is 1. The number of hydrogen-bond acceptors (Lipinski definition) is 3. The van der Waals surface area contributed by atoms with Crippen molar-refractivity contribution in [3.63, 3.8) is 0 Å². The predicted molar refractivity (Wildman–Crippen MR) is 81.7 cm³/mol. The zero-order valence-electron chi connectivity index (χ0n) is 10.5. The summed E-state index contributed by atoms with van der Waals surface area (Å²) in [4.78, 5) is 15.3. The van der Waals surface area contributed by atoms with E-state index in [1.165, 1.54) is 0 Å². The molecule has 0 unspecified atom stereocenters. The summed E-state index contributed by atoms with van der Waals surface area (Å²) in [6, 6.07) is 16.9. The third-order valence-corrected chi connectivity index (χ3v) is 3.26. The molecule has 0 saturated carbocycles. The van der Waals surface area contributed by atoms with E-state index < -0.39 is 5.24 Å². The van der Waals surface area contributed by atoms with Crippen molar-refractivity contribution < 1.29 is 4.79 Å². The molecule has 3 rings (SSSR count). The smallest absolute Gasteiger partial charge is 0.252 e. The third-order valence-electron chi connectivity index (χ3n) is 3.04.